The fraction of sp³-hybridized carbons (Fsp3) is 0.200. The molecule has 0 atom stereocenters. The number of aromatic nitrogens is 2. The van der Waals surface area contributed by atoms with Crippen molar-refractivity contribution in [2.75, 3.05) is 13.7 Å². The molecular weight excluding hydrogens is 417 g/mol. The maximum atomic E-state index is 12.5. The van der Waals surface area contributed by atoms with Crippen LogP contribution in [0.3, 0.4) is 0 Å². The second kappa shape index (κ2) is 9.74. The number of halogens is 3. The lowest BCUT2D eigenvalue weighted by Gasteiger charge is -2.04. The number of alkyl halides is 3. The summed E-state index contributed by atoms with van der Waals surface area (Å²) in [4.78, 5) is 20.6. The van der Waals surface area contributed by atoms with Gasteiger partial charge in [-0.2, -0.15) is 18.2 Å². The van der Waals surface area contributed by atoms with Crippen LogP contribution in [0.25, 0.3) is 11.4 Å². The third-order valence-electron chi connectivity index (χ3n) is 3.94. The number of ether oxygens (including phenoxy) is 1. The van der Waals surface area contributed by atoms with Crippen LogP contribution in [0.2, 0.25) is 0 Å². The summed E-state index contributed by atoms with van der Waals surface area (Å²) in [5.41, 5.74) is 1.46. The highest BCUT2D eigenvalue weighted by atomic mass is 19.4. The van der Waals surface area contributed by atoms with E-state index in [1.54, 1.807) is 7.11 Å². The van der Waals surface area contributed by atoms with Crippen molar-refractivity contribution >= 4 is 12.1 Å². The lowest BCUT2D eigenvalue weighted by molar-refractivity contribution is -0.159. The van der Waals surface area contributed by atoms with E-state index < -0.39 is 18.0 Å². The van der Waals surface area contributed by atoms with E-state index >= 15 is 0 Å². The molecule has 0 aliphatic carbocycles. The van der Waals surface area contributed by atoms with Crippen LogP contribution >= 0.6 is 0 Å². The SMILES string of the molecule is COc1cccc(CON=CCNC(=O)c2ccc(-c3noc(C(F)(F)F)n3)cc2)c1. The van der Waals surface area contributed by atoms with Crippen LogP contribution in [0.5, 0.6) is 5.75 Å². The Kier molecular flexibility index (Phi) is 6.85. The first-order valence-electron chi connectivity index (χ1n) is 8.93. The normalized spacial score (nSPS) is 11.5. The van der Waals surface area contributed by atoms with Crippen molar-refractivity contribution in [1.29, 1.82) is 0 Å². The van der Waals surface area contributed by atoms with E-state index in [2.05, 4.69) is 25.1 Å². The predicted molar refractivity (Wildman–Crippen MR) is 103 cm³/mol. The van der Waals surface area contributed by atoms with Gasteiger partial charge >= 0.3 is 12.1 Å². The second-order valence-electron chi connectivity index (χ2n) is 6.12. The fourth-order valence-electron chi connectivity index (χ4n) is 2.43. The molecule has 1 amide bonds. The fourth-order valence-corrected chi connectivity index (χ4v) is 2.43. The molecule has 0 fully saturated rings. The molecule has 0 aliphatic rings. The molecule has 11 heteroatoms. The van der Waals surface area contributed by atoms with E-state index in [9.17, 15) is 18.0 Å². The molecule has 0 saturated carbocycles. The van der Waals surface area contributed by atoms with Crippen molar-refractivity contribution < 1.29 is 32.1 Å². The summed E-state index contributed by atoms with van der Waals surface area (Å²) >= 11 is 0. The van der Waals surface area contributed by atoms with Gasteiger partial charge in [0.1, 0.15) is 12.4 Å². The van der Waals surface area contributed by atoms with Crippen LogP contribution in [-0.2, 0) is 17.6 Å². The number of rotatable bonds is 8. The van der Waals surface area contributed by atoms with Crippen LogP contribution in [0.4, 0.5) is 13.2 Å². The summed E-state index contributed by atoms with van der Waals surface area (Å²) < 4.78 is 46.9. The Hall–Kier alpha value is -3.89. The quantitative estimate of drug-likeness (QED) is 0.429. The van der Waals surface area contributed by atoms with Gasteiger partial charge in [-0.1, -0.05) is 34.6 Å². The first-order valence-corrected chi connectivity index (χ1v) is 8.93. The average Bonchev–Trinajstić information content (AvgIpc) is 3.27. The monoisotopic (exact) mass is 434 g/mol. The van der Waals surface area contributed by atoms with E-state index in [1.165, 1.54) is 30.5 Å². The molecule has 0 saturated heterocycles. The maximum Gasteiger partial charge on any atom is 0.471 e. The van der Waals surface area contributed by atoms with Gasteiger partial charge in [-0.15, -0.1) is 0 Å². The van der Waals surface area contributed by atoms with E-state index in [1.807, 2.05) is 24.3 Å². The van der Waals surface area contributed by atoms with E-state index in [-0.39, 0.29) is 24.5 Å². The second-order valence-corrected chi connectivity index (χ2v) is 6.12. The molecule has 0 bridgehead atoms. The zero-order chi connectivity index (χ0) is 22.3. The number of amides is 1. The van der Waals surface area contributed by atoms with Gasteiger partial charge in [0.2, 0.25) is 5.82 Å². The zero-order valence-electron chi connectivity index (χ0n) is 16.2. The Morgan fingerprint density at radius 1 is 1.23 bits per heavy atom. The maximum absolute atomic E-state index is 12.5. The predicted octanol–water partition coefficient (Wildman–Crippen LogP) is 3.70. The highest BCUT2D eigenvalue weighted by molar-refractivity contribution is 5.95. The number of carbonyl (C=O) groups excluding carboxylic acids is 1. The van der Waals surface area contributed by atoms with Gasteiger partial charge in [0, 0.05) is 11.1 Å². The summed E-state index contributed by atoms with van der Waals surface area (Å²) in [5.74, 6) is -1.34. The summed E-state index contributed by atoms with van der Waals surface area (Å²) in [5, 5.41) is 9.67. The summed E-state index contributed by atoms with van der Waals surface area (Å²) in [6, 6.07) is 13.0. The number of hydrogen-bond donors (Lipinski definition) is 1. The van der Waals surface area contributed by atoms with Gasteiger partial charge in [0.25, 0.3) is 5.91 Å². The van der Waals surface area contributed by atoms with Crippen molar-refractivity contribution in [3.8, 4) is 17.1 Å². The van der Waals surface area contributed by atoms with Crippen LogP contribution < -0.4 is 10.1 Å². The standard InChI is InChI=1S/C20H17F3N4O4/c1-29-16-4-2-3-13(11-16)12-30-25-10-9-24-18(28)15-7-5-14(6-8-15)17-26-19(31-27-17)20(21,22)23/h2-8,10-11H,9,12H2,1H3,(H,24,28). The summed E-state index contributed by atoms with van der Waals surface area (Å²) in [6.45, 7) is 0.369. The third-order valence-corrected chi connectivity index (χ3v) is 3.94. The van der Waals surface area contributed by atoms with Crippen molar-refractivity contribution in [2.24, 2.45) is 5.16 Å². The Bertz CT molecular complexity index is 1050. The first-order chi connectivity index (χ1) is 14.9. The Labute approximate surface area is 174 Å². The molecule has 1 aromatic heterocycles. The van der Waals surface area contributed by atoms with Gasteiger partial charge < -0.3 is 19.4 Å². The molecule has 3 rings (SSSR count). The van der Waals surface area contributed by atoms with Gasteiger partial charge in [0.15, 0.2) is 0 Å². The van der Waals surface area contributed by atoms with Crippen molar-refractivity contribution in [2.45, 2.75) is 12.8 Å². The summed E-state index contributed by atoms with van der Waals surface area (Å²) in [7, 11) is 1.57. The van der Waals surface area contributed by atoms with Gasteiger partial charge in [0.05, 0.1) is 19.9 Å². The first kappa shape index (κ1) is 21.8. The van der Waals surface area contributed by atoms with Crippen molar-refractivity contribution in [3.63, 3.8) is 0 Å². The van der Waals surface area contributed by atoms with Gasteiger partial charge in [-0.3, -0.25) is 4.79 Å². The van der Waals surface area contributed by atoms with E-state index in [0.717, 1.165) is 5.56 Å². The zero-order valence-corrected chi connectivity index (χ0v) is 16.2. The minimum absolute atomic E-state index is 0.123. The van der Waals surface area contributed by atoms with Crippen LogP contribution in [0, 0.1) is 0 Å². The molecule has 0 aliphatic heterocycles. The average molecular weight is 434 g/mol. The molecule has 2 aromatic carbocycles. The van der Waals surface area contributed by atoms with Crippen LogP contribution in [0.1, 0.15) is 21.8 Å². The molecule has 0 radical (unpaired) electrons. The topological polar surface area (TPSA) is 98.8 Å². The van der Waals surface area contributed by atoms with Gasteiger partial charge in [-0.05, 0) is 29.8 Å². The molecule has 1 heterocycles. The third kappa shape index (κ3) is 6.04. The number of benzene rings is 2. The minimum atomic E-state index is -4.72. The molecule has 0 spiro atoms. The molecule has 31 heavy (non-hydrogen) atoms. The number of nitrogens with one attached hydrogen (secondary N) is 1. The van der Waals surface area contributed by atoms with E-state index in [0.29, 0.717) is 11.3 Å². The van der Waals surface area contributed by atoms with Crippen LogP contribution in [0.15, 0.2) is 58.2 Å². The number of methoxy groups -OCH3 is 1. The Morgan fingerprint density at radius 3 is 2.68 bits per heavy atom. The Balaban J connectivity index is 1.46. The van der Waals surface area contributed by atoms with Crippen molar-refractivity contribution in [1.82, 2.24) is 15.5 Å². The van der Waals surface area contributed by atoms with Gasteiger partial charge in [-0.25, -0.2) is 0 Å². The molecular formula is C20H17F3N4O4. The minimum Gasteiger partial charge on any atom is -0.497 e. The number of nitrogens with zero attached hydrogens (tertiary/aromatic N) is 3. The van der Waals surface area contributed by atoms with Crippen molar-refractivity contribution in [3.05, 3.63) is 65.5 Å². The molecule has 0 unspecified atom stereocenters. The lowest BCUT2D eigenvalue weighted by atomic mass is 10.1. The highest BCUT2D eigenvalue weighted by Gasteiger charge is 2.38. The molecule has 8 nitrogen and oxygen atoms in total. The summed E-state index contributed by atoms with van der Waals surface area (Å²) in [6.07, 6.45) is -3.32. The number of carbonyl (C=O) groups is 1. The molecule has 162 valence electrons. The smallest absolute Gasteiger partial charge is 0.471 e. The highest BCUT2D eigenvalue weighted by Crippen LogP contribution is 2.29. The lowest BCUT2D eigenvalue weighted by Crippen LogP contribution is -2.25. The number of oxime groups is 1. The van der Waals surface area contributed by atoms with Crippen LogP contribution in [-0.4, -0.2) is 35.9 Å². The Morgan fingerprint density at radius 2 is 2.00 bits per heavy atom. The van der Waals surface area contributed by atoms with E-state index in [4.69, 9.17) is 9.57 Å². The largest absolute Gasteiger partial charge is 0.497 e. The molecule has 1 N–H and O–H groups in total. The number of hydrogen-bond acceptors (Lipinski definition) is 7. The molecule has 3 aromatic rings.